The summed E-state index contributed by atoms with van der Waals surface area (Å²) in [6.45, 7) is 1.94. The van der Waals surface area contributed by atoms with Gasteiger partial charge in [-0.1, -0.05) is 18.2 Å². The number of methoxy groups -OCH3 is 2. The first kappa shape index (κ1) is 20.1. The number of para-hydroxylation sites is 1. The van der Waals surface area contributed by atoms with Gasteiger partial charge in [0, 0.05) is 34.8 Å². The fraction of sp³-hybridized carbons (Fsp3) is 0.182. The molecule has 0 aliphatic rings. The largest absolute Gasteiger partial charge is 0.493 e. The van der Waals surface area contributed by atoms with Crippen molar-refractivity contribution in [1.82, 2.24) is 9.97 Å². The monoisotopic (exact) mass is 423 g/mol. The second-order valence-corrected chi connectivity index (χ2v) is 8.50. The zero-order chi connectivity index (χ0) is 21.5. The number of aromatic nitrogens is 2. The van der Waals surface area contributed by atoms with Crippen LogP contribution in [-0.2, 0) is 16.4 Å². The van der Waals surface area contributed by atoms with E-state index in [1.54, 1.807) is 32.5 Å². The fourth-order valence-corrected chi connectivity index (χ4v) is 4.28. The zero-order valence-electron chi connectivity index (χ0n) is 16.8. The summed E-state index contributed by atoms with van der Waals surface area (Å²) in [5.41, 5.74) is 2.88. The Morgan fingerprint density at radius 3 is 2.37 bits per heavy atom. The van der Waals surface area contributed by atoms with Crippen molar-refractivity contribution in [2.45, 2.75) is 18.2 Å². The number of hydrogen-bond donors (Lipinski definition) is 1. The molecule has 30 heavy (non-hydrogen) atoms. The number of sulfonamides is 1. The topological polar surface area (TPSA) is 104 Å². The molecule has 0 aliphatic carbocycles. The van der Waals surface area contributed by atoms with Crippen LogP contribution in [0.25, 0.3) is 21.7 Å². The summed E-state index contributed by atoms with van der Waals surface area (Å²) in [5.74, 6) is 1.26. The lowest BCUT2D eigenvalue weighted by atomic mass is 10.0. The number of benzene rings is 2. The van der Waals surface area contributed by atoms with E-state index < -0.39 is 10.0 Å². The summed E-state index contributed by atoms with van der Waals surface area (Å²) >= 11 is 0. The molecule has 0 saturated heterocycles. The van der Waals surface area contributed by atoms with Gasteiger partial charge in [0.15, 0.2) is 11.5 Å². The zero-order valence-corrected chi connectivity index (χ0v) is 17.7. The second kappa shape index (κ2) is 7.55. The van der Waals surface area contributed by atoms with Crippen molar-refractivity contribution in [2.24, 2.45) is 5.14 Å². The molecule has 154 valence electrons. The lowest BCUT2D eigenvalue weighted by molar-refractivity contribution is 0.356. The van der Waals surface area contributed by atoms with Crippen LogP contribution < -0.4 is 14.6 Å². The number of rotatable bonds is 5. The van der Waals surface area contributed by atoms with E-state index in [4.69, 9.17) is 14.6 Å². The van der Waals surface area contributed by atoms with E-state index in [1.807, 2.05) is 31.2 Å². The van der Waals surface area contributed by atoms with Crippen LogP contribution in [0.15, 0.2) is 53.6 Å². The van der Waals surface area contributed by atoms with E-state index in [0.717, 1.165) is 22.0 Å². The highest BCUT2D eigenvalue weighted by Crippen LogP contribution is 2.35. The van der Waals surface area contributed by atoms with Crippen molar-refractivity contribution in [3.63, 3.8) is 0 Å². The molecule has 4 rings (SSSR count). The Kier molecular flexibility index (Phi) is 5.05. The molecule has 7 nitrogen and oxygen atoms in total. The smallest absolute Gasteiger partial charge is 0.240 e. The SMILES string of the molecule is COc1cc2c(Cc3ccc4cccc(S(N)(=O)=O)c4n3)cnc(C)c2cc1OC. The van der Waals surface area contributed by atoms with E-state index in [-0.39, 0.29) is 4.90 Å². The van der Waals surface area contributed by atoms with E-state index in [9.17, 15) is 8.42 Å². The minimum absolute atomic E-state index is 0.0140. The molecule has 0 fully saturated rings. The lowest BCUT2D eigenvalue weighted by Crippen LogP contribution is -2.13. The second-order valence-electron chi connectivity index (χ2n) is 6.97. The van der Waals surface area contributed by atoms with Gasteiger partial charge in [-0.05, 0) is 42.1 Å². The normalized spacial score (nSPS) is 11.7. The number of nitrogens with two attached hydrogens (primary N) is 1. The first-order chi connectivity index (χ1) is 14.3. The van der Waals surface area contributed by atoms with Gasteiger partial charge in [0.2, 0.25) is 10.0 Å². The number of hydrogen-bond acceptors (Lipinski definition) is 6. The molecular formula is C22H21N3O4S. The number of pyridine rings is 2. The third-order valence-electron chi connectivity index (χ3n) is 5.09. The van der Waals surface area contributed by atoms with Crippen LogP contribution in [0.4, 0.5) is 0 Å². The predicted octanol–water partition coefficient (Wildman–Crippen LogP) is 3.35. The molecule has 0 spiro atoms. The summed E-state index contributed by atoms with van der Waals surface area (Å²) < 4.78 is 34.8. The molecule has 0 atom stereocenters. The van der Waals surface area contributed by atoms with Crippen LogP contribution in [-0.4, -0.2) is 32.6 Å². The third kappa shape index (κ3) is 3.55. The molecule has 4 aromatic rings. The highest BCUT2D eigenvalue weighted by Gasteiger charge is 2.16. The lowest BCUT2D eigenvalue weighted by Gasteiger charge is -2.13. The Bertz CT molecular complexity index is 1380. The summed E-state index contributed by atoms with van der Waals surface area (Å²) in [4.78, 5) is 9.13. The Balaban J connectivity index is 1.87. The molecule has 8 heteroatoms. The highest BCUT2D eigenvalue weighted by atomic mass is 32.2. The van der Waals surface area contributed by atoms with Gasteiger partial charge >= 0.3 is 0 Å². The van der Waals surface area contributed by atoms with Crippen LogP contribution in [0, 0.1) is 6.92 Å². The maximum atomic E-state index is 12.0. The number of nitrogens with zero attached hydrogens (tertiary/aromatic N) is 2. The third-order valence-corrected chi connectivity index (χ3v) is 6.03. The van der Waals surface area contributed by atoms with Crippen molar-refractivity contribution >= 4 is 31.7 Å². The van der Waals surface area contributed by atoms with E-state index >= 15 is 0 Å². The minimum Gasteiger partial charge on any atom is -0.493 e. The number of aryl methyl sites for hydroxylation is 1. The van der Waals surface area contributed by atoms with Gasteiger partial charge in [0.1, 0.15) is 4.90 Å². The summed E-state index contributed by atoms with van der Waals surface area (Å²) in [7, 11) is -0.691. The molecule has 2 heterocycles. The average Bonchev–Trinajstić information content (AvgIpc) is 2.73. The number of primary sulfonamides is 1. The number of ether oxygens (including phenoxy) is 2. The molecule has 0 bridgehead atoms. The highest BCUT2D eigenvalue weighted by molar-refractivity contribution is 7.89. The molecular weight excluding hydrogens is 402 g/mol. The van der Waals surface area contributed by atoms with Gasteiger partial charge in [-0.2, -0.15) is 0 Å². The van der Waals surface area contributed by atoms with Crippen molar-refractivity contribution < 1.29 is 17.9 Å². The Hall–Kier alpha value is -3.23. The predicted molar refractivity (Wildman–Crippen MR) is 116 cm³/mol. The van der Waals surface area contributed by atoms with E-state index in [1.165, 1.54) is 6.07 Å². The van der Waals surface area contributed by atoms with Crippen LogP contribution in [0.1, 0.15) is 17.0 Å². The molecule has 0 aliphatic heterocycles. The Morgan fingerprint density at radius 1 is 1.00 bits per heavy atom. The van der Waals surface area contributed by atoms with Crippen molar-refractivity contribution in [3.8, 4) is 11.5 Å². The van der Waals surface area contributed by atoms with Gasteiger partial charge < -0.3 is 9.47 Å². The quantitative estimate of drug-likeness (QED) is 0.528. The summed E-state index contributed by atoms with van der Waals surface area (Å²) in [6, 6.07) is 12.5. The van der Waals surface area contributed by atoms with Crippen molar-refractivity contribution in [1.29, 1.82) is 0 Å². The van der Waals surface area contributed by atoms with Gasteiger partial charge in [-0.15, -0.1) is 0 Å². The fourth-order valence-electron chi connectivity index (χ4n) is 3.58. The van der Waals surface area contributed by atoms with Gasteiger partial charge in [-0.25, -0.2) is 13.6 Å². The number of fused-ring (bicyclic) bond motifs is 2. The maximum Gasteiger partial charge on any atom is 0.240 e. The van der Waals surface area contributed by atoms with E-state index in [0.29, 0.717) is 34.5 Å². The Morgan fingerprint density at radius 2 is 1.70 bits per heavy atom. The molecule has 0 unspecified atom stereocenters. The standard InChI is InChI=1S/C22H21N3O4S/c1-13-17-10-19(28-2)20(29-3)11-18(17)15(12-24-13)9-16-8-7-14-5-4-6-21(22(14)25-16)30(23,26)27/h4-8,10-12H,9H2,1-3H3,(H2,23,26,27). The van der Waals surface area contributed by atoms with Crippen LogP contribution >= 0.6 is 0 Å². The summed E-state index contributed by atoms with van der Waals surface area (Å²) in [6.07, 6.45) is 2.27. The van der Waals surface area contributed by atoms with Crippen LogP contribution in [0.5, 0.6) is 11.5 Å². The molecule has 2 N–H and O–H groups in total. The van der Waals surface area contributed by atoms with Crippen LogP contribution in [0.3, 0.4) is 0 Å². The first-order valence-corrected chi connectivity index (χ1v) is 10.8. The van der Waals surface area contributed by atoms with Gasteiger partial charge in [-0.3, -0.25) is 9.97 Å². The van der Waals surface area contributed by atoms with E-state index in [2.05, 4.69) is 9.97 Å². The first-order valence-electron chi connectivity index (χ1n) is 9.23. The molecule has 2 aromatic carbocycles. The molecule has 0 radical (unpaired) electrons. The van der Waals surface area contributed by atoms with Crippen molar-refractivity contribution in [3.05, 3.63) is 65.6 Å². The van der Waals surface area contributed by atoms with Crippen LogP contribution in [0.2, 0.25) is 0 Å². The molecule has 0 amide bonds. The Labute approximate surface area is 174 Å². The minimum atomic E-state index is -3.88. The summed E-state index contributed by atoms with van der Waals surface area (Å²) in [5, 5.41) is 8.01. The molecule has 0 saturated carbocycles. The average molecular weight is 423 g/mol. The maximum absolute atomic E-state index is 12.0. The van der Waals surface area contributed by atoms with Gasteiger partial charge in [0.05, 0.1) is 19.7 Å². The van der Waals surface area contributed by atoms with Gasteiger partial charge in [0.25, 0.3) is 0 Å². The molecule has 2 aromatic heterocycles. The van der Waals surface area contributed by atoms with Crippen molar-refractivity contribution in [2.75, 3.05) is 14.2 Å².